The molecule has 1 atom stereocenters. The fourth-order valence-electron chi connectivity index (χ4n) is 1.94. The predicted molar refractivity (Wildman–Crippen MR) is 87.8 cm³/mol. The van der Waals surface area contributed by atoms with Crippen molar-refractivity contribution in [2.45, 2.75) is 32.7 Å². The van der Waals surface area contributed by atoms with Gasteiger partial charge in [-0.15, -0.1) is 0 Å². The maximum Gasteiger partial charge on any atom is 0.270 e. The van der Waals surface area contributed by atoms with Crippen LogP contribution in [0.1, 0.15) is 36.3 Å². The largest absolute Gasteiger partial charge is 0.352 e. The number of nitrogens with zero attached hydrogens (tertiary/aromatic N) is 2. The number of carbonyl (C=O) groups is 1. The average Bonchev–Trinajstić information content (AvgIpc) is 2.56. The summed E-state index contributed by atoms with van der Waals surface area (Å²) in [5, 5.41) is 5.94. The second-order valence-electron chi connectivity index (χ2n) is 5.35. The molecule has 0 bridgehead atoms. The van der Waals surface area contributed by atoms with Gasteiger partial charge in [0.15, 0.2) is 0 Å². The topological polar surface area (TPSA) is 66.9 Å². The molecule has 0 aliphatic carbocycles. The van der Waals surface area contributed by atoms with Crippen molar-refractivity contribution in [1.29, 1.82) is 0 Å². The van der Waals surface area contributed by atoms with Gasteiger partial charge in [0.05, 0.1) is 0 Å². The molecule has 1 heterocycles. The highest BCUT2D eigenvalue weighted by Crippen LogP contribution is 2.05. The molecule has 0 radical (unpaired) electrons. The van der Waals surface area contributed by atoms with Gasteiger partial charge in [0.25, 0.3) is 5.91 Å². The average molecular weight is 316 g/mol. The molecule has 1 aromatic carbocycles. The van der Waals surface area contributed by atoms with E-state index in [9.17, 15) is 9.18 Å². The Labute approximate surface area is 135 Å². The van der Waals surface area contributed by atoms with Crippen LogP contribution in [-0.4, -0.2) is 28.5 Å². The molecule has 0 saturated heterocycles. The van der Waals surface area contributed by atoms with Gasteiger partial charge in [0, 0.05) is 18.8 Å². The Morgan fingerprint density at radius 2 is 2.00 bits per heavy atom. The van der Waals surface area contributed by atoms with Crippen LogP contribution >= 0.6 is 0 Å². The third-order valence-electron chi connectivity index (χ3n) is 3.49. The minimum absolute atomic E-state index is 0.242. The Balaban J connectivity index is 1.87. The molecule has 2 N–H and O–H groups in total. The van der Waals surface area contributed by atoms with Crippen LogP contribution in [0, 0.1) is 5.82 Å². The summed E-state index contributed by atoms with van der Waals surface area (Å²) in [7, 11) is 0. The van der Waals surface area contributed by atoms with Crippen LogP contribution in [0.15, 0.2) is 36.5 Å². The van der Waals surface area contributed by atoms with Gasteiger partial charge in [-0.2, -0.15) is 0 Å². The first kappa shape index (κ1) is 16.9. The van der Waals surface area contributed by atoms with Crippen LogP contribution in [0.2, 0.25) is 0 Å². The molecule has 23 heavy (non-hydrogen) atoms. The molecular formula is C17H21FN4O. The Hall–Kier alpha value is -2.50. The van der Waals surface area contributed by atoms with Crippen molar-refractivity contribution in [2.24, 2.45) is 0 Å². The van der Waals surface area contributed by atoms with Crippen molar-refractivity contribution < 1.29 is 9.18 Å². The lowest BCUT2D eigenvalue weighted by Gasteiger charge is -2.11. The molecule has 0 spiro atoms. The molecular weight excluding hydrogens is 295 g/mol. The van der Waals surface area contributed by atoms with Crippen LogP contribution in [0.4, 0.5) is 10.3 Å². The zero-order valence-electron chi connectivity index (χ0n) is 13.3. The summed E-state index contributed by atoms with van der Waals surface area (Å²) in [5.41, 5.74) is 1.29. The fourth-order valence-corrected chi connectivity index (χ4v) is 1.94. The summed E-state index contributed by atoms with van der Waals surface area (Å²) in [6.07, 6.45) is 3.14. The number of hydrogen-bond donors (Lipinski definition) is 2. The third kappa shape index (κ3) is 5.32. The summed E-state index contributed by atoms with van der Waals surface area (Å²) < 4.78 is 12.8. The van der Waals surface area contributed by atoms with E-state index in [4.69, 9.17) is 0 Å². The van der Waals surface area contributed by atoms with Crippen molar-refractivity contribution in [3.8, 4) is 0 Å². The van der Waals surface area contributed by atoms with Gasteiger partial charge in [0.1, 0.15) is 11.5 Å². The van der Waals surface area contributed by atoms with Crippen molar-refractivity contribution >= 4 is 11.9 Å². The number of nitrogens with one attached hydrogen (secondary N) is 2. The van der Waals surface area contributed by atoms with E-state index in [-0.39, 0.29) is 17.8 Å². The number of anilines is 1. The summed E-state index contributed by atoms with van der Waals surface area (Å²) in [4.78, 5) is 20.4. The second kappa shape index (κ2) is 8.22. The molecule has 0 fully saturated rings. The standard InChI is InChI=1S/C17H21FN4O/c1-3-12(2)21-17-20-11-9-15(22-17)16(23)19-10-8-13-4-6-14(18)7-5-13/h4-7,9,11-12H,3,8,10H2,1-2H3,(H,19,23)(H,20,21,22). The molecule has 122 valence electrons. The number of aromatic nitrogens is 2. The highest BCUT2D eigenvalue weighted by atomic mass is 19.1. The van der Waals surface area contributed by atoms with Crippen LogP contribution in [0.3, 0.4) is 0 Å². The van der Waals surface area contributed by atoms with Crippen LogP contribution in [0.25, 0.3) is 0 Å². The minimum Gasteiger partial charge on any atom is -0.352 e. The number of benzene rings is 1. The minimum atomic E-state index is -0.264. The first-order valence-electron chi connectivity index (χ1n) is 7.70. The summed E-state index contributed by atoms with van der Waals surface area (Å²) in [5.74, 6) is -0.0626. The van der Waals surface area contributed by atoms with E-state index >= 15 is 0 Å². The second-order valence-corrected chi connectivity index (χ2v) is 5.35. The van der Waals surface area contributed by atoms with E-state index in [2.05, 4.69) is 27.5 Å². The summed E-state index contributed by atoms with van der Waals surface area (Å²) >= 11 is 0. The first-order chi connectivity index (χ1) is 11.1. The first-order valence-corrected chi connectivity index (χ1v) is 7.70. The monoisotopic (exact) mass is 316 g/mol. The number of hydrogen-bond acceptors (Lipinski definition) is 4. The summed E-state index contributed by atoms with van der Waals surface area (Å²) in [6, 6.07) is 8.06. The van der Waals surface area contributed by atoms with Gasteiger partial charge >= 0.3 is 0 Å². The maximum absolute atomic E-state index is 12.8. The smallest absolute Gasteiger partial charge is 0.270 e. The third-order valence-corrected chi connectivity index (χ3v) is 3.49. The lowest BCUT2D eigenvalue weighted by atomic mass is 10.1. The van der Waals surface area contributed by atoms with Crippen molar-refractivity contribution in [1.82, 2.24) is 15.3 Å². The van der Waals surface area contributed by atoms with Crippen LogP contribution in [-0.2, 0) is 6.42 Å². The van der Waals surface area contributed by atoms with Gasteiger partial charge in [0.2, 0.25) is 5.95 Å². The number of amides is 1. The van der Waals surface area contributed by atoms with Gasteiger partial charge in [-0.25, -0.2) is 14.4 Å². The number of carbonyl (C=O) groups excluding carboxylic acids is 1. The molecule has 1 aromatic heterocycles. The van der Waals surface area contributed by atoms with E-state index in [0.717, 1.165) is 12.0 Å². The highest BCUT2D eigenvalue weighted by Gasteiger charge is 2.09. The molecule has 6 heteroatoms. The zero-order valence-corrected chi connectivity index (χ0v) is 13.3. The van der Waals surface area contributed by atoms with E-state index in [1.54, 1.807) is 24.4 Å². The Morgan fingerprint density at radius 1 is 1.26 bits per heavy atom. The molecule has 1 unspecified atom stereocenters. The van der Waals surface area contributed by atoms with Crippen molar-refractivity contribution in [2.75, 3.05) is 11.9 Å². The Bertz CT molecular complexity index is 645. The van der Waals surface area contributed by atoms with Crippen LogP contribution in [0.5, 0.6) is 0 Å². The van der Waals surface area contributed by atoms with E-state index in [0.29, 0.717) is 24.6 Å². The molecule has 0 aliphatic heterocycles. The molecule has 5 nitrogen and oxygen atoms in total. The molecule has 0 saturated carbocycles. The Kier molecular flexibility index (Phi) is 6.02. The number of rotatable bonds is 7. The van der Waals surface area contributed by atoms with Gasteiger partial charge in [-0.3, -0.25) is 4.79 Å². The van der Waals surface area contributed by atoms with Crippen molar-refractivity contribution in [3.63, 3.8) is 0 Å². The van der Waals surface area contributed by atoms with E-state index < -0.39 is 0 Å². The predicted octanol–water partition coefficient (Wildman–Crippen LogP) is 2.80. The SMILES string of the molecule is CCC(C)Nc1nccc(C(=O)NCCc2ccc(F)cc2)n1. The summed E-state index contributed by atoms with van der Waals surface area (Å²) in [6.45, 7) is 4.55. The van der Waals surface area contributed by atoms with Crippen LogP contribution < -0.4 is 10.6 Å². The Morgan fingerprint density at radius 3 is 2.70 bits per heavy atom. The fraction of sp³-hybridized carbons (Fsp3) is 0.353. The molecule has 0 aliphatic rings. The van der Waals surface area contributed by atoms with Gasteiger partial charge in [-0.1, -0.05) is 19.1 Å². The quantitative estimate of drug-likeness (QED) is 0.824. The normalized spacial score (nSPS) is 11.8. The molecule has 1 amide bonds. The van der Waals surface area contributed by atoms with Gasteiger partial charge < -0.3 is 10.6 Å². The molecule has 2 aromatic rings. The lowest BCUT2D eigenvalue weighted by Crippen LogP contribution is -2.27. The highest BCUT2D eigenvalue weighted by molar-refractivity contribution is 5.92. The zero-order chi connectivity index (χ0) is 16.7. The maximum atomic E-state index is 12.8. The van der Waals surface area contributed by atoms with E-state index in [1.165, 1.54) is 12.1 Å². The number of halogens is 1. The molecule has 2 rings (SSSR count). The van der Waals surface area contributed by atoms with E-state index in [1.807, 2.05) is 6.92 Å². The lowest BCUT2D eigenvalue weighted by molar-refractivity contribution is 0.0949. The van der Waals surface area contributed by atoms with Gasteiger partial charge in [-0.05, 0) is 43.5 Å². The van der Waals surface area contributed by atoms with Crippen molar-refractivity contribution in [3.05, 3.63) is 53.6 Å².